The molecule has 4 aromatic carbocycles. The van der Waals surface area contributed by atoms with E-state index >= 15 is 0 Å². The minimum absolute atomic E-state index is 0.0569. The van der Waals surface area contributed by atoms with Crippen molar-refractivity contribution in [3.63, 3.8) is 0 Å². The predicted molar refractivity (Wildman–Crippen MR) is 181 cm³/mol. The van der Waals surface area contributed by atoms with Gasteiger partial charge in [0, 0.05) is 45.9 Å². The molecule has 0 saturated heterocycles. The van der Waals surface area contributed by atoms with Gasteiger partial charge in [-0.05, 0) is 81.6 Å². The summed E-state index contributed by atoms with van der Waals surface area (Å²) in [5.74, 6) is -4.61. The molecular formula is C39H36O9. The molecule has 3 atom stereocenters. The number of allylic oxidation sites excluding steroid dienone is 4. The van der Waals surface area contributed by atoms with Gasteiger partial charge in [0.15, 0.2) is 17.1 Å². The lowest BCUT2D eigenvalue weighted by atomic mass is 9.65. The molecule has 0 aliphatic heterocycles. The number of hydrogen-bond acceptors (Lipinski definition) is 9. The Morgan fingerprint density at radius 2 is 1.56 bits per heavy atom. The molecule has 5 aromatic rings. The Morgan fingerprint density at radius 1 is 0.833 bits per heavy atom. The van der Waals surface area contributed by atoms with Crippen molar-refractivity contribution in [1.29, 1.82) is 0 Å². The molecule has 1 aliphatic carbocycles. The molecule has 0 fully saturated rings. The maximum absolute atomic E-state index is 14.7. The van der Waals surface area contributed by atoms with Crippen molar-refractivity contribution in [1.82, 2.24) is 0 Å². The molecule has 0 amide bonds. The highest BCUT2D eigenvalue weighted by Crippen LogP contribution is 2.53. The molecule has 9 nitrogen and oxygen atoms in total. The Hall–Kier alpha value is -5.83. The van der Waals surface area contributed by atoms with Crippen LogP contribution in [0.5, 0.6) is 40.2 Å². The lowest BCUT2D eigenvalue weighted by molar-refractivity contribution is 0.0876. The molecule has 0 radical (unpaired) electrons. The van der Waals surface area contributed by atoms with Gasteiger partial charge >= 0.3 is 0 Å². The molecule has 0 bridgehead atoms. The fourth-order valence-corrected chi connectivity index (χ4v) is 6.77. The quantitative estimate of drug-likeness (QED) is 0.0677. The normalized spacial score (nSPS) is 17.6. The first-order valence-electron chi connectivity index (χ1n) is 15.5. The van der Waals surface area contributed by atoms with Crippen molar-refractivity contribution in [2.24, 2.45) is 5.92 Å². The molecular weight excluding hydrogens is 612 g/mol. The third kappa shape index (κ3) is 5.79. The van der Waals surface area contributed by atoms with Crippen LogP contribution in [0.15, 0.2) is 94.4 Å². The third-order valence-electron chi connectivity index (χ3n) is 9.06. The number of hydrogen-bond donors (Lipinski definition) is 7. The summed E-state index contributed by atoms with van der Waals surface area (Å²) in [6.07, 6.45) is 4.10. The molecule has 1 aromatic heterocycles. The number of phenolic OH excluding ortho intramolecular Hbond substituents is 7. The van der Waals surface area contributed by atoms with Crippen LogP contribution in [0.25, 0.3) is 22.3 Å². The standard InChI is InChI=1S/C39H36O9/c1-19(2)7-9-25-29(41)12-11-26(37(25)46)38(47)35-27(24-10-8-23(40)18-31(24)43)13-20(3)14-28(35)36-32(44)15-22(16-33(36)45)34-17-21-5-4-6-30(42)39(21)48-34/h4-8,10-12,14-18,27-28,35,40-46H,9,13H2,1-3H3. The van der Waals surface area contributed by atoms with Crippen molar-refractivity contribution >= 4 is 16.8 Å². The Morgan fingerprint density at radius 3 is 2.23 bits per heavy atom. The number of phenols is 7. The smallest absolute Gasteiger partial charge is 0.176 e. The van der Waals surface area contributed by atoms with Gasteiger partial charge in [-0.15, -0.1) is 0 Å². The zero-order chi connectivity index (χ0) is 34.4. The summed E-state index contributed by atoms with van der Waals surface area (Å²) in [6.45, 7) is 5.60. The first-order valence-corrected chi connectivity index (χ1v) is 15.5. The number of carbonyl (C=O) groups is 1. The van der Waals surface area contributed by atoms with E-state index in [2.05, 4.69) is 0 Å². The van der Waals surface area contributed by atoms with Crippen LogP contribution >= 0.6 is 0 Å². The number of aromatic hydroxyl groups is 7. The Kier molecular flexibility index (Phi) is 8.30. The van der Waals surface area contributed by atoms with Gasteiger partial charge in [-0.1, -0.05) is 41.5 Å². The van der Waals surface area contributed by atoms with Crippen LogP contribution in [0.4, 0.5) is 0 Å². The number of benzene rings is 4. The zero-order valence-electron chi connectivity index (χ0n) is 26.6. The van der Waals surface area contributed by atoms with Crippen molar-refractivity contribution in [2.45, 2.75) is 45.4 Å². The average Bonchev–Trinajstić information content (AvgIpc) is 3.46. The average molecular weight is 649 g/mol. The van der Waals surface area contributed by atoms with Crippen LogP contribution < -0.4 is 0 Å². The van der Waals surface area contributed by atoms with Gasteiger partial charge in [-0.25, -0.2) is 0 Å². The van der Waals surface area contributed by atoms with Crippen LogP contribution in [0.3, 0.4) is 0 Å². The number of rotatable bonds is 7. The van der Waals surface area contributed by atoms with E-state index in [0.717, 1.165) is 11.1 Å². The van der Waals surface area contributed by atoms with Crippen molar-refractivity contribution in [3.8, 4) is 51.6 Å². The molecule has 1 aliphatic rings. The van der Waals surface area contributed by atoms with Crippen molar-refractivity contribution < 1.29 is 45.0 Å². The van der Waals surface area contributed by atoms with E-state index in [1.165, 1.54) is 48.5 Å². The van der Waals surface area contributed by atoms with Crippen LogP contribution in [0.2, 0.25) is 0 Å². The number of fused-ring (bicyclic) bond motifs is 1. The minimum Gasteiger partial charge on any atom is -0.508 e. The van der Waals surface area contributed by atoms with Gasteiger partial charge in [0.1, 0.15) is 40.3 Å². The molecule has 9 heteroatoms. The summed E-state index contributed by atoms with van der Waals surface area (Å²) in [5, 5.41) is 76.8. The van der Waals surface area contributed by atoms with Gasteiger partial charge in [0.25, 0.3) is 0 Å². The van der Waals surface area contributed by atoms with E-state index in [0.29, 0.717) is 22.9 Å². The van der Waals surface area contributed by atoms with Gasteiger partial charge in [-0.2, -0.15) is 0 Å². The van der Waals surface area contributed by atoms with Crippen molar-refractivity contribution in [2.75, 3.05) is 0 Å². The highest BCUT2D eigenvalue weighted by molar-refractivity contribution is 6.02. The van der Waals surface area contributed by atoms with E-state index in [-0.39, 0.29) is 74.7 Å². The first-order chi connectivity index (χ1) is 22.8. The summed E-state index contributed by atoms with van der Waals surface area (Å²) >= 11 is 0. The van der Waals surface area contributed by atoms with E-state index in [4.69, 9.17) is 4.42 Å². The summed E-state index contributed by atoms with van der Waals surface area (Å²) < 4.78 is 5.84. The summed E-state index contributed by atoms with van der Waals surface area (Å²) in [4.78, 5) is 14.7. The second-order valence-corrected chi connectivity index (χ2v) is 12.7. The van der Waals surface area contributed by atoms with Crippen molar-refractivity contribution in [3.05, 3.63) is 112 Å². The lowest BCUT2D eigenvalue weighted by Crippen LogP contribution is -2.31. The molecule has 0 spiro atoms. The zero-order valence-corrected chi connectivity index (χ0v) is 26.6. The third-order valence-corrected chi connectivity index (χ3v) is 9.06. The number of carbonyl (C=O) groups excluding carboxylic acids is 1. The molecule has 6 rings (SSSR count). The summed E-state index contributed by atoms with van der Waals surface area (Å²) in [6, 6.07) is 16.2. The lowest BCUT2D eigenvalue weighted by Gasteiger charge is -2.37. The minimum atomic E-state index is -1.07. The van der Waals surface area contributed by atoms with Crippen LogP contribution in [0, 0.1) is 5.92 Å². The number of para-hydroxylation sites is 1. The number of ketones is 1. The van der Waals surface area contributed by atoms with Crippen LogP contribution in [0.1, 0.15) is 66.1 Å². The van der Waals surface area contributed by atoms with Crippen LogP contribution in [-0.2, 0) is 6.42 Å². The Balaban J connectivity index is 1.51. The second-order valence-electron chi connectivity index (χ2n) is 12.7. The predicted octanol–water partition coefficient (Wildman–Crippen LogP) is 8.26. The van der Waals surface area contributed by atoms with Crippen LogP contribution in [-0.4, -0.2) is 41.5 Å². The maximum Gasteiger partial charge on any atom is 0.176 e. The molecule has 48 heavy (non-hydrogen) atoms. The largest absolute Gasteiger partial charge is 0.508 e. The Labute approximate surface area is 276 Å². The monoisotopic (exact) mass is 648 g/mol. The highest BCUT2D eigenvalue weighted by Gasteiger charge is 2.43. The molecule has 7 N–H and O–H groups in total. The second kappa shape index (κ2) is 12.4. The fraction of sp³-hybridized carbons (Fsp3) is 0.205. The summed E-state index contributed by atoms with van der Waals surface area (Å²) in [5.41, 5.74) is 2.89. The van der Waals surface area contributed by atoms with Gasteiger partial charge in [0.2, 0.25) is 0 Å². The molecule has 0 saturated carbocycles. The molecule has 3 unspecified atom stereocenters. The van der Waals surface area contributed by atoms with E-state index in [9.17, 15) is 40.5 Å². The maximum atomic E-state index is 14.7. The topological polar surface area (TPSA) is 172 Å². The molecule has 1 heterocycles. The first kappa shape index (κ1) is 32.1. The highest BCUT2D eigenvalue weighted by atomic mass is 16.4. The van der Waals surface area contributed by atoms with Gasteiger partial charge in [-0.3, -0.25) is 4.79 Å². The SMILES string of the molecule is CC(C)=CCc1c(O)ccc(C(=O)C2C(c3c(O)cc(-c4cc5cccc(O)c5o4)cc3O)C=C(C)CC2c2ccc(O)cc2O)c1O. The summed E-state index contributed by atoms with van der Waals surface area (Å²) in [7, 11) is 0. The van der Waals surface area contributed by atoms with E-state index in [1.54, 1.807) is 24.3 Å². The molecule has 246 valence electrons. The Bertz CT molecular complexity index is 2110. The number of furan rings is 1. The van der Waals surface area contributed by atoms with E-state index < -0.39 is 23.5 Å². The number of Topliss-reactive ketones (excluding diaryl/α,β-unsaturated/α-hetero) is 1. The fourth-order valence-electron chi connectivity index (χ4n) is 6.77. The van der Waals surface area contributed by atoms with Gasteiger partial charge in [0.05, 0.1) is 5.56 Å². The van der Waals surface area contributed by atoms with Gasteiger partial charge < -0.3 is 40.2 Å². The van der Waals surface area contributed by atoms with E-state index in [1.807, 2.05) is 26.8 Å².